The van der Waals surface area contributed by atoms with Crippen LogP contribution in [0.25, 0.3) is 11.3 Å². The van der Waals surface area contributed by atoms with Gasteiger partial charge in [0.15, 0.2) is 0 Å². The van der Waals surface area contributed by atoms with Crippen LogP contribution in [0.15, 0.2) is 34.9 Å². The molecule has 138 valence electrons. The van der Waals surface area contributed by atoms with Gasteiger partial charge in [-0.3, -0.25) is 4.79 Å². The molecular formula is C20H24BrN3O2. The van der Waals surface area contributed by atoms with Gasteiger partial charge in [-0.25, -0.2) is 4.98 Å². The largest absolute Gasteiger partial charge is 0.377 e. The van der Waals surface area contributed by atoms with Gasteiger partial charge in [0.05, 0.1) is 31.1 Å². The third-order valence-corrected chi connectivity index (χ3v) is 6.11. The number of morpholine rings is 1. The molecule has 2 aliphatic rings. The second-order valence-electron chi connectivity index (χ2n) is 7.29. The molecule has 26 heavy (non-hydrogen) atoms. The molecule has 2 aromatic rings. The van der Waals surface area contributed by atoms with Gasteiger partial charge in [0.2, 0.25) is 5.91 Å². The van der Waals surface area contributed by atoms with E-state index < -0.39 is 0 Å². The van der Waals surface area contributed by atoms with Crippen molar-refractivity contribution >= 4 is 21.8 Å². The summed E-state index contributed by atoms with van der Waals surface area (Å²) < 4.78 is 6.54. The van der Waals surface area contributed by atoms with Gasteiger partial charge in [-0.1, -0.05) is 34.5 Å². The van der Waals surface area contributed by atoms with Gasteiger partial charge in [-0.2, -0.15) is 0 Å². The number of hydrogen-bond acceptors (Lipinski definition) is 3. The number of ether oxygens (including phenoxy) is 1. The van der Waals surface area contributed by atoms with Gasteiger partial charge >= 0.3 is 0 Å². The van der Waals surface area contributed by atoms with Crippen molar-refractivity contribution in [1.82, 2.24) is 14.9 Å². The van der Waals surface area contributed by atoms with Crippen molar-refractivity contribution in [3.63, 3.8) is 0 Å². The van der Waals surface area contributed by atoms with E-state index in [9.17, 15) is 4.79 Å². The first kappa shape index (κ1) is 17.7. The summed E-state index contributed by atoms with van der Waals surface area (Å²) >= 11 is 3.47. The number of nitrogens with zero attached hydrogens (tertiary/aromatic N) is 2. The minimum Gasteiger partial charge on any atom is -0.377 e. The number of rotatable bonds is 3. The Hall–Kier alpha value is -1.66. The highest BCUT2D eigenvalue weighted by Gasteiger charge is 2.39. The van der Waals surface area contributed by atoms with Gasteiger partial charge in [-0.15, -0.1) is 0 Å². The van der Waals surface area contributed by atoms with Crippen LogP contribution in [0.2, 0.25) is 0 Å². The van der Waals surface area contributed by atoms with Gasteiger partial charge in [0.1, 0.15) is 5.82 Å². The number of nitrogens with one attached hydrogen (secondary N) is 1. The Labute approximate surface area is 162 Å². The molecule has 1 saturated carbocycles. The SMILES string of the molecule is C[C@@H]1COCCN1C(=O)[C@H]1CCC[C@@H]1c1ncc(-c2ccc(Br)cc2)[nH]1. The minimum atomic E-state index is 0.0273. The lowest BCUT2D eigenvalue weighted by molar-refractivity contribution is -0.143. The van der Waals surface area contributed by atoms with Crippen molar-refractivity contribution in [3.05, 3.63) is 40.8 Å². The van der Waals surface area contributed by atoms with E-state index in [-0.39, 0.29) is 23.8 Å². The van der Waals surface area contributed by atoms with Gasteiger partial charge in [0.25, 0.3) is 0 Å². The lowest BCUT2D eigenvalue weighted by Crippen LogP contribution is -2.49. The van der Waals surface area contributed by atoms with Crippen LogP contribution in [0.1, 0.15) is 37.9 Å². The summed E-state index contributed by atoms with van der Waals surface area (Å²) in [6.07, 6.45) is 4.92. The highest BCUT2D eigenvalue weighted by Crippen LogP contribution is 2.40. The first-order valence-electron chi connectivity index (χ1n) is 9.32. The van der Waals surface area contributed by atoms with Crippen molar-refractivity contribution in [3.8, 4) is 11.3 Å². The molecule has 6 heteroatoms. The van der Waals surface area contributed by atoms with E-state index in [1.165, 1.54) is 0 Å². The lowest BCUT2D eigenvalue weighted by atomic mass is 9.93. The molecule has 1 saturated heterocycles. The van der Waals surface area contributed by atoms with E-state index >= 15 is 0 Å². The van der Waals surface area contributed by atoms with Gasteiger partial charge in [0, 0.05) is 22.9 Å². The second-order valence-corrected chi connectivity index (χ2v) is 8.20. The zero-order valence-corrected chi connectivity index (χ0v) is 16.5. The van der Waals surface area contributed by atoms with Crippen molar-refractivity contribution in [2.75, 3.05) is 19.8 Å². The van der Waals surface area contributed by atoms with Crippen LogP contribution in [0.5, 0.6) is 0 Å². The average Bonchev–Trinajstić information content (AvgIpc) is 3.31. The lowest BCUT2D eigenvalue weighted by Gasteiger charge is -2.36. The number of amides is 1. The maximum absolute atomic E-state index is 13.1. The number of carbonyl (C=O) groups excluding carboxylic acids is 1. The van der Waals surface area contributed by atoms with Gasteiger partial charge < -0.3 is 14.6 Å². The molecule has 5 nitrogen and oxygen atoms in total. The zero-order valence-electron chi connectivity index (χ0n) is 15.0. The Morgan fingerprint density at radius 1 is 1.31 bits per heavy atom. The normalized spacial score (nSPS) is 26.2. The van der Waals surface area contributed by atoms with Crippen LogP contribution in [-0.2, 0) is 9.53 Å². The van der Waals surface area contributed by atoms with Crippen molar-refractivity contribution in [1.29, 1.82) is 0 Å². The molecule has 1 aliphatic carbocycles. The first-order valence-corrected chi connectivity index (χ1v) is 10.1. The van der Waals surface area contributed by atoms with E-state index in [0.717, 1.165) is 40.8 Å². The average molecular weight is 418 g/mol. The molecule has 1 amide bonds. The maximum atomic E-state index is 13.1. The number of benzene rings is 1. The Morgan fingerprint density at radius 3 is 2.88 bits per heavy atom. The summed E-state index contributed by atoms with van der Waals surface area (Å²) in [5, 5.41) is 0. The number of aromatic nitrogens is 2. The topological polar surface area (TPSA) is 58.2 Å². The molecule has 0 spiro atoms. The molecule has 0 bridgehead atoms. The second kappa shape index (κ2) is 7.53. The fourth-order valence-electron chi connectivity index (χ4n) is 4.15. The molecule has 2 heterocycles. The van der Waals surface area contributed by atoms with E-state index in [2.05, 4.69) is 45.0 Å². The predicted molar refractivity (Wildman–Crippen MR) is 104 cm³/mol. The van der Waals surface area contributed by atoms with E-state index in [4.69, 9.17) is 4.74 Å². The quantitative estimate of drug-likeness (QED) is 0.821. The molecule has 1 aromatic heterocycles. The van der Waals surface area contributed by atoms with Crippen LogP contribution < -0.4 is 0 Å². The van der Waals surface area contributed by atoms with Crippen LogP contribution >= 0.6 is 15.9 Å². The van der Waals surface area contributed by atoms with E-state index in [0.29, 0.717) is 19.8 Å². The molecule has 0 radical (unpaired) electrons. The monoisotopic (exact) mass is 417 g/mol. The van der Waals surface area contributed by atoms with Crippen LogP contribution in [0.4, 0.5) is 0 Å². The van der Waals surface area contributed by atoms with E-state index in [1.54, 1.807) is 0 Å². The van der Waals surface area contributed by atoms with Crippen molar-refractivity contribution in [2.45, 2.75) is 38.1 Å². The third kappa shape index (κ3) is 3.45. The molecule has 1 aliphatic heterocycles. The number of hydrogen-bond donors (Lipinski definition) is 1. The van der Waals surface area contributed by atoms with Crippen LogP contribution in [-0.4, -0.2) is 46.6 Å². The Bertz CT molecular complexity index is 774. The Kier molecular flexibility index (Phi) is 5.14. The number of H-pyrrole nitrogens is 1. The number of carbonyl (C=O) groups is 1. The zero-order chi connectivity index (χ0) is 18.1. The highest BCUT2D eigenvalue weighted by molar-refractivity contribution is 9.10. The van der Waals surface area contributed by atoms with E-state index in [1.807, 2.05) is 23.2 Å². The number of halogens is 1. The third-order valence-electron chi connectivity index (χ3n) is 5.59. The molecule has 4 rings (SSSR count). The Balaban J connectivity index is 1.53. The summed E-state index contributed by atoms with van der Waals surface area (Å²) in [5.41, 5.74) is 2.11. The molecule has 1 N–H and O–H groups in total. The van der Waals surface area contributed by atoms with Crippen molar-refractivity contribution < 1.29 is 9.53 Å². The minimum absolute atomic E-state index is 0.0273. The fourth-order valence-corrected chi connectivity index (χ4v) is 4.42. The molecule has 3 atom stereocenters. The number of aromatic amines is 1. The number of imidazole rings is 1. The first-order chi connectivity index (χ1) is 12.6. The van der Waals surface area contributed by atoms with Gasteiger partial charge in [-0.05, 0) is 37.5 Å². The molecule has 1 aromatic carbocycles. The maximum Gasteiger partial charge on any atom is 0.226 e. The smallest absolute Gasteiger partial charge is 0.226 e. The van der Waals surface area contributed by atoms with Crippen LogP contribution in [0, 0.1) is 5.92 Å². The highest BCUT2D eigenvalue weighted by atomic mass is 79.9. The summed E-state index contributed by atoms with van der Waals surface area (Å²) in [6, 6.07) is 8.34. The molecule has 0 unspecified atom stereocenters. The fraction of sp³-hybridized carbons (Fsp3) is 0.500. The van der Waals surface area contributed by atoms with Crippen molar-refractivity contribution in [2.24, 2.45) is 5.92 Å². The summed E-state index contributed by atoms with van der Waals surface area (Å²) in [7, 11) is 0. The Morgan fingerprint density at radius 2 is 2.12 bits per heavy atom. The van der Waals surface area contributed by atoms with Crippen LogP contribution in [0.3, 0.4) is 0 Å². The predicted octanol–water partition coefficient (Wildman–Crippen LogP) is 3.97. The summed E-state index contributed by atoms with van der Waals surface area (Å²) in [6.45, 7) is 4.05. The molecule has 2 fully saturated rings. The summed E-state index contributed by atoms with van der Waals surface area (Å²) in [4.78, 5) is 23.2. The molecular weight excluding hydrogens is 394 g/mol. The standard InChI is InChI=1S/C20H24BrN3O2/c1-13-12-26-10-9-24(13)20(25)17-4-2-3-16(17)19-22-11-18(23-19)14-5-7-15(21)8-6-14/h5-8,11,13,16-17H,2-4,9-10,12H2,1H3,(H,22,23)/t13-,16+,17+/m1/s1. The summed E-state index contributed by atoms with van der Waals surface area (Å²) in [5.74, 6) is 1.42.